The highest BCUT2D eigenvalue weighted by molar-refractivity contribution is 5.76. The van der Waals surface area contributed by atoms with Crippen LogP contribution in [0.3, 0.4) is 0 Å². The lowest BCUT2D eigenvalue weighted by Gasteiger charge is -2.14. The van der Waals surface area contributed by atoms with Crippen LogP contribution in [0.25, 0.3) is 0 Å². The van der Waals surface area contributed by atoms with E-state index in [0.717, 1.165) is 24.8 Å². The Kier molecular flexibility index (Phi) is 4.70. The molecule has 98 valence electrons. The van der Waals surface area contributed by atoms with Crippen molar-refractivity contribution in [1.82, 2.24) is 10.3 Å². The molecule has 1 aliphatic rings. The van der Waals surface area contributed by atoms with Gasteiger partial charge < -0.3 is 10.4 Å². The molecule has 1 aliphatic carbocycles. The Morgan fingerprint density at radius 1 is 1.50 bits per heavy atom. The maximum Gasteiger partial charge on any atom is 0.220 e. The average molecular weight is 248 g/mol. The lowest BCUT2D eigenvalue weighted by molar-refractivity contribution is -0.121. The minimum Gasteiger partial charge on any atom is -0.393 e. The topological polar surface area (TPSA) is 62.2 Å². The lowest BCUT2D eigenvalue weighted by atomic mass is 10.1. The summed E-state index contributed by atoms with van der Waals surface area (Å²) in [6.07, 6.45) is 7.43. The minimum atomic E-state index is -0.233. The van der Waals surface area contributed by atoms with E-state index in [1.54, 1.807) is 12.4 Å². The van der Waals surface area contributed by atoms with Crippen LogP contribution >= 0.6 is 0 Å². The number of hydrogen-bond donors (Lipinski definition) is 2. The quantitative estimate of drug-likeness (QED) is 0.825. The minimum absolute atomic E-state index is 0.0537. The molecule has 1 heterocycles. The molecule has 1 aromatic rings. The van der Waals surface area contributed by atoms with Gasteiger partial charge in [0.05, 0.1) is 6.10 Å². The van der Waals surface area contributed by atoms with E-state index in [1.165, 1.54) is 0 Å². The van der Waals surface area contributed by atoms with E-state index in [1.807, 2.05) is 12.1 Å². The van der Waals surface area contributed by atoms with E-state index in [4.69, 9.17) is 0 Å². The molecule has 1 saturated carbocycles. The summed E-state index contributed by atoms with van der Waals surface area (Å²) < 4.78 is 0. The number of nitrogens with zero attached hydrogens (tertiary/aromatic N) is 1. The molecule has 2 rings (SSSR count). The van der Waals surface area contributed by atoms with E-state index in [2.05, 4.69) is 10.3 Å². The van der Waals surface area contributed by atoms with Gasteiger partial charge in [0.2, 0.25) is 5.91 Å². The van der Waals surface area contributed by atoms with E-state index >= 15 is 0 Å². The molecule has 0 radical (unpaired) electrons. The SMILES string of the molecule is O=C(CCc1cccnc1)NCC1CCCC1O. The summed E-state index contributed by atoms with van der Waals surface area (Å²) in [5.41, 5.74) is 1.08. The third-order valence-corrected chi connectivity index (χ3v) is 3.54. The van der Waals surface area contributed by atoms with Crippen molar-refractivity contribution in [2.75, 3.05) is 6.54 Å². The van der Waals surface area contributed by atoms with E-state index in [0.29, 0.717) is 19.4 Å². The van der Waals surface area contributed by atoms with E-state index in [9.17, 15) is 9.90 Å². The van der Waals surface area contributed by atoms with Gasteiger partial charge in [-0.15, -0.1) is 0 Å². The second kappa shape index (κ2) is 6.50. The highest BCUT2D eigenvalue weighted by atomic mass is 16.3. The zero-order chi connectivity index (χ0) is 12.8. The summed E-state index contributed by atoms with van der Waals surface area (Å²) >= 11 is 0. The van der Waals surface area contributed by atoms with Gasteiger partial charge in [0.1, 0.15) is 0 Å². The maximum absolute atomic E-state index is 11.7. The number of hydrogen-bond acceptors (Lipinski definition) is 3. The van der Waals surface area contributed by atoms with Gasteiger partial charge in [0, 0.05) is 31.3 Å². The summed E-state index contributed by atoms with van der Waals surface area (Å²) in [5.74, 6) is 0.297. The molecule has 4 nitrogen and oxygen atoms in total. The Morgan fingerprint density at radius 3 is 3.06 bits per heavy atom. The average Bonchev–Trinajstić information content (AvgIpc) is 2.81. The number of carbonyl (C=O) groups excluding carboxylic acids is 1. The number of aliphatic hydroxyl groups excluding tert-OH is 1. The molecule has 18 heavy (non-hydrogen) atoms. The van der Waals surface area contributed by atoms with Crippen LogP contribution in [0.4, 0.5) is 0 Å². The number of aliphatic hydroxyl groups is 1. The predicted octanol–water partition coefficient (Wildman–Crippen LogP) is 1.29. The summed E-state index contributed by atoms with van der Waals surface area (Å²) in [6.45, 7) is 0.604. The van der Waals surface area contributed by atoms with Crippen LogP contribution in [0.2, 0.25) is 0 Å². The van der Waals surface area contributed by atoms with Gasteiger partial charge in [0.25, 0.3) is 0 Å². The van der Waals surface area contributed by atoms with Crippen LogP contribution < -0.4 is 5.32 Å². The molecule has 1 fully saturated rings. The van der Waals surface area contributed by atoms with Crippen LogP contribution in [-0.4, -0.2) is 28.6 Å². The molecule has 2 unspecified atom stereocenters. The Labute approximate surface area is 107 Å². The number of aryl methyl sites for hydroxylation is 1. The van der Waals surface area contributed by atoms with Gasteiger partial charge in [-0.1, -0.05) is 12.5 Å². The van der Waals surface area contributed by atoms with Crippen molar-refractivity contribution in [2.24, 2.45) is 5.92 Å². The summed E-state index contributed by atoms with van der Waals surface area (Å²) in [7, 11) is 0. The number of rotatable bonds is 5. The van der Waals surface area contributed by atoms with E-state index in [-0.39, 0.29) is 17.9 Å². The molecule has 0 aromatic carbocycles. The Balaban J connectivity index is 1.66. The first-order valence-electron chi connectivity index (χ1n) is 6.59. The molecule has 0 aliphatic heterocycles. The van der Waals surface area contributed by atoms with Crippen molar-refractivity contribution in [3.05, 3.63) is 30.1 Å². The van der Waals surface area contributed by atoms with Crippen LogP contribution in [0.5, 0.6) is 0 Å². The Hall–Kier alpha value is -1.42. The van der Waals surface area contributed by atoms with Gasteiger partial charge in [-0.2, -0.15) is 0 Å². The van der Waals surface area contributed by atoms with Gasteiger partial charge >= 0.3 is 0 Å². The molecule has 0 spiro atoms. The third-order valence-electron chi connectivity index (χ3n) is 3.54. The lowest BCUT2D eigenvalue weighted by Crippen LogP contribution is -2.32. The number of aromatic nitrogens is 1. The van der Waals surface area contributed by atoms with E-state index < -0.39 is 0 Å². The molecule has 1 amide bonds. The Bertz CT molecular complexity index is 381. The molecular weight excluding hydrogens is 228 g/mol. The summed E-state index contributed by atoms with van der Waals surface area (Å²) in [6, 6.07) is 3.85. The molecule has 0 bridgehead atoms. The van der Waals surface area contributed by atoms with Crippen molar-refractivity contribution >= 4 is 5.91 Å². The van der Waals surface area contributed by atoms with Gasteiger partial charge in [-0.25, -0.2) is 0 Å². The number of nitrogens with one attached hydrogen (secondary N) is 1. The summed E-state index contributed by atoms with van der Waals surface area (Å²) in [5, 5.41) is 12.6. The first kappa shape index (κ1) is 13.0. The van der Waals surface area contributed by atoms with Crippen molar-refractivity contribution in [1.29, 1.82) is 0 Å². The van der Waals surface area contributed by atoms with Crippen LogP contribution in [0.15, 0.2) is 24.5 Å². The maximum atomic E-state index is 11.7. The van der Waals surface area contributed by atoms with Crippen LogP contribution in [0, 0.1) is 5.92 Å². The molecule has 0 saturated heterocycles. The van der Waals surface area contributed by atoms with Gasteiger partial charge in [0.15, 0.2) is 0 Å². The third kappa shape index (κ3) is 3.81. The summed E-state index contributed by atoms with van der Waals surface area (Å²) in [4.78, 5) is 15.7. The standard InChI is InChI=1S/C14H20N2O2/c17-13-5-1-4-12(13)10-16-14(18)7-6-11-3-2-8-15-9-11/h2-3,8-9,12-13,17H,1,4-7,10H2,(H,16,18). The second-order valence-corrected chi connectivity index (χ2v) is 4.92. The molecule has 4 heteroatoms. The highest BCUT2D eigenvalue weighted by Gasteiger charge is 2.25. The van der Waals surface area contributed by atoms with Crippen LogP contribution in [-0.2, 0) is 11.2 Å². The second-order valence-electron chi connectivity index (χ2n) is 4.92. The number of amides is 1. The van der Waals surface area contributed by atoms with Crippen molar-refractivity contribution in [3.8, 4) is 0 Å². The first-order chi connectivity index (χ1) is 8.75. The molecule has 2 N–H and O–H groups in total. The Morgan fingerprint density at radius 2 is 2.39 bits per heavy atom. The highest BCUT2D eigenvalue weighted by Crippen LogP contribution is 2.24. The van der Waals surface area contributed by atoms with Gasteiger partial charge in [-0.05, 0) is 30.9 Å². The normalized spacial score (nSPS) is 22.9. The fourth-order valence-corrected chi connectivity index (χ4v) is 2.39. The molecule has 2 atom stereocenters. The van der Waals surface area contributed by atoms with Crippen molar-refractivity contribution < 1.29 is 9.90 Å². The molecular formula is C14H20N2O2. The van der Waals surface area contributed by atoms with Gasteiger partial charge in [-0.3, -0.25) is 9.78 Å². The largest absolute Gasteiger partial charge is 0.393 e. The fraction of sp³-hybridized carbons (Fsp3) is 0.571. The smallest absolute Gasteiger partial charge is 0.220 e. The van der Waals surface area contributed by atoms with Crippen molar-refractivity contribution in [3.63, 3.8) is 0 Å². The monoisotopic (exact) mass is 248 g/mol. The predicted molar refractivity (Wildman–Crippen MR) is 68.9 cm³/mol. The number of carbonyl (C=O) groups is 1. The van der Waals surface area contributed by atoms with Crippen molar-refractivity contribution in [2.45, 2.75) is 38.2 Å². The fourth-order valence-electron chi connectivity index (χ4n) is 2.39. The zero-order valence-corrected chi connectivity index (χ0v) is 10.5. The number of pyridine rings is 1. The van der Waals surface area contributed by atoms with Crippen LogP contribution in [0.1, 0.15) is 31.2 Å². The zero-order valence-electron chi connectivity index (χ0n) is 10.5. The molecule has 1 aromatic heterocycles. The first-order valence-corrected chi connectivity index (χ1v) is 6.59.